The van der Waals surface area contributed by atoms with Gasteiger partial charge in [-0.1, -0.05) is 35.9 Å². The monoisotopic (exact) mass is 345 g/mol. The first-order chi connectivity index (χ1) is 11.7. The topological polar surface area (TPSA) is 50.0 Å². The van der Waals surface area contributed by atoms with Gasteiger partial charge in [-0.25, -0.2) is 4.98 Å². The molecule has 0 saturated carbocycles. The first-order valence-electron chi connectivity index (χ1n) is 7.79. The molecule has 1 aromatic carbocycles. The van der Waals surface area contributed by atoms with Gasteiger partial charge in [0.1, 0.15) is 11.4 Å². The van der Waals surface area contributed by atoms with Crippen molar-refractivity contribution in [2.24, 2.45) is 0 Å². The number of ether oxygens (including phenoxy) is 1. The molecule has 2 heterocycles. The molecule has 0 saturated heterocycles. The van der Waals surface area contributed by atoms with E-state index in [1.54, 1.807) is 7.11 Å². The van der Waals surface area contributed by atoms with E-state index >= 15 is 0 Å². The first-order valence-corrected chi connectivity index (χ1v) is 8.17. The Hall–Kier alpha value is -2.08. The van der Waals surface area contributed by atoms with Crippen molar-refractivity contribution < 1.29 is 9.84 Å². The van der Waals surface area contributed by atoms with Gasteiger partial charge in [-0.2, -0.15) is 0 Å². The zero-order valence-electron chi connectivity index (χ0n) is 13.5. The van der Waals surface area contributed by atoms with Crippen LogP contribution in [0.4, 0.5) is 0 Å². The fraction of sp³-hybridized carbons (Fsp3) is 0.278. The van der Waals surface area contributed by atoms with Crippen molar-refractivity contribution in [1.29, 1.82) is 0 Å². The van der Waals surface area contributed by atoms with E-state index < -0.39 is 0 Å². The number of fused-ring (bicyclic) bond motifs is 1. The van der Waals surface area contributed by atoms with E-state index in [1.165, 1.54) is 0 Å². The zero-order valence-corrected chi connectivity index (χ0v) is 14.3. The van der Waals surface area contributed by atoms with Crippen LogP contribution >= 0.6 is 11.6 Å². The Bertz CT molecular complexity index is 819. The number of aromatic nitrogens is 2. The molecule has 0 amide bonds. The molecule has 5 nitrogen and oxygen atoms in total. The van der Waals surface area contributed by atoms with Gasteiger partial charge < -0.3 is 14.2 Å². The van der Waals surface area contributed by atoms with Gasteiger partial charge in [-0.3, -0.25) is 4.90 Å². The fourth-order valence-electron chi connectivity index (χ4n) is 2.80. The zero-order chi connectivity index (χ0) is 16.9. The maximum atomic E-state index is 9.42. The van der Waals surface area contributed by atoms with E-state index in [1.807, 2.05) is 53.1 Å². The number of halogens is 1. The van der Waals surface area contributed by atoms with E-state index in [0.717, 1.165) is 22.7 Å². The number of hydrogen-bond donors (Lipinski definition) is 1. The summed E-state index contributed by atoms with van der Waals surface area (Å²) in [5.41, 5.74) is 2.80. The van der Waals surface area contributed by atoms with Crippen molar-refractivity contribution in [3.8, 4) is 5.75 Å². The predicted octanol–water partition coefficient (Wildman–Crippen LogP) is 2.99. The van der Waals surface area contributed by atoms with Crippen LogP contribution in [0.1, 0.15) is 11.3 Å². The van der Waals surface area contributed by atoms with Crippen molar-refractivity contribution in [3.05, 3.63) is 65.1 Å². The second-order valence-corrected chi connectivity index (χ2v) is 5.88. The molecule has 0 spiro atoms. The molecule has 0 aliphatic carbocycles. The molecule has 0 fully saturated rings. The third kappa shape index (κ3) is 3.53. The summed E-state index contributed by atoms with van der Waals surface area (Å²) in [4.78, 5) is 6.51. The highest BCUT2D eigenvalue weighted by Crippen LogP contribution is 2.23. The number of methoxy groups -OCH3 is 1. The van der Waals surface area contributed by atoms with Gasteiger partial charge in [0.2, 0.25) is 0 Å². The Morgan fingerprint density at radius 1 is 1.17 bits per heavy atom. The summed E-state index contributed by atoms with van der Waals surface area (Å²) < 4.78 is 7.40. The minimum atomic E-state index is 0.0729. The third-order valence-electron chi connectivity index (χ3n) is 3.96. The SMILES string of the molecule is COc1ccccc1CN(CCO)Cc1c(Cl)nc2ccccn12. The maximum absolute atomic E-state index is 9.42. The number of aliphatic hydroxyl groups is 1. The van der Waals surface area contributed by atoms with Crippen LogP contribution in [-0.4, -0.2) is 39.7 Å². The number of hydrogen-bond acceptors (Lipinski definition) is 4. The van der Waals surface area contributed by atoms with Gasteiger partial charge in [0.25, 0.3) is 0 Å². The molecule has 0 atom stereocenters. The molecule has 0 bridgehead atoms. The van der Waals surface area contributed by atoms with Gasteiger partial charge in [-0.15, -0.1) is 0 Å². The van der Waals surface area contributed by atoms with Crippen molar-refractivity contribution >= 4 is 17.2 Å². The van der Waals surface area contributed by atoms with Crippen LogP contribution in [-0.2, 0) is 13.1 Å². The number of benzene rings is 1. The molecule has 3 rings (SSSR count). The molecule has 3 aromatic rings. The molecule has 24 heavy (non-hydrogen) atoms. The van der Waals surface area contributed by atoms with Crippen LogP contribution in [0.5, 0.6) is 5.75 Å². The highest BCUT2D eigenvalue weighted by Gasteiger charge is 2.16. The van der Waals surface area contributed by atoms with Gasteiger partial charge in [0.05, 0.1) is 19.4 Å². The fourth-order valence-corrected chi connectivity index (χ4v) is 3.04. The van der Waals surface area contributed by atoms with E-state index in [9.17, 15) is 5.11 Å². The van der Waals surface area contributed by atoms with Crippen LogP contribution < -0.4 is 4.74 Å². The summed E-state index contributed by atoms with van der Waals surface area (Å²) >= 11 is 6.33. The molecule has 2 aromatic heterocycles. The Morgan fingerprint density at radius 3 is 2.75 bits per heavy atom. The highest BCUT2D eigenvalue weighted by atomic mass is 35.5. The Morgan fingerprint density at radius 2 is 1.96 bits per heavy atom. The Labute approximate surface area is 146 Å². The highest BCUT2D eigenvalue weighted by molar-refractivity contribution is 6.30. The summed E-state index contributed by atoms with van der Waals surface area (Å²) in [6.45, 7) is 1.85. The summed E-state index contributed by atoms with van der Waals surface area (Å²) in [7, 11) is 1.66. The maximum Gasteiger partial charge on any atom is 0.152 e. The van der Waals surface area contributed by atoms with Gasteiger partial charge in [0.15, 0.2) is 5.15 Å². The van der Waals surface area contributed by atoms with Crippen LogP contribution in [0.2, 0.25) is 5.15 Å². The lowest BCUT2D eigenvalue weighted by molar-refractivity contribution is 0.181. The number of para-hydroxylation sites is 1. The standard InChI is InChI=1S/C18H20ClN3O2/c1-24-16-7-3-2-6-14(16)12-21(10-11-23)13-15-18(19)20-17-8-4-5-9-22(15)17/h2-9,23H,10-13H2,1H3. The van der Waals surface area contributed by atoms with E-state index in [4.69, 9.17) is 16.3 Å². The summed E-state index contributed by atoms with van der Waals surface area (Å²) in [5, 5.41) is 9.91. The molecular formula is C18H20ClN3O2. The molecule has 0 unspecified atom stereocenters. The van der Waals surface area contributed by atoms with Gasteiger partial charge in [0, 0.05) is 31.4 Å². The number of pyridine rings is 1. The number of nitrogens with zero attached hydrogens (tertiary/aromatic N) is 3. The molecule has 0 radical (unpaired) electrons. The average molecular weight is 346 g/mol. The summed E-state index contributed by atoms with van der Waals surface area (Å²) in [6.07, 6.45) is 1.95. The lowest BCUT2D eigenvalue weighted by atomic mass is 10.2. The summed E-state index contributed by atoms with van der Waals surface area (Å²) in [6, 6.07) is 13.7. The molecular weight excluding hydrogens is 326 g/mol. The molecule has 1 N–H and O–H groups in total. The van der Waals surface area contributed by atoms with Gasteiger partial charge >= 0.3 is 0 Å². The number of imidazole rings is 1. The predicted molar refractivity (Wildman–Crippen MR) is 94.4 cm³/mol. The second-order valence-electron chi connectivity index (χ2n) is 5.52. The molecule has 6 heteroatoms. The van der Waals surface area contributed by atoms with Crippen molar-refractivity contribution in [1.82, 2.24) is 14.3 Å². The van der Waals surface area contributed by atoms with Crippen molar-refractivity contribution in [2.75, 3.05) is 20.3 Å². The average Bonchev–Trinajstić information content (AvgIpc) is 2.91. The molecule has 126 valence electrons. The first kappa shape index (κ1) is 16.8. The number of aliphatic hydroxyl groups excluding tert-OH is 1. The lowest BCUT2D eigenvalue weighted by Gasteiger charge is -2.22. The minimum absolute atomic E-state index is 0.0729. The van der Waals surface area contributed by atoms with Crippen molar-refractivity contribution in [2.45, 2.75) is 13.1 Å². The molecule has 0 aliphatic heterocycles. The van der Waals surface area contributed by atoms with Crippen LogP contribution in [0, 0.1) is 0 Å². The Balaban J connectivity index is 1.87. The quantitative estimate of drug-likeness (QED) is 0.715. The van der Waals surface area contributed by atoms with Crippen molar-refractivity contribution in [3.63, 3.8) is 0 Å². The normalized spacial score (nSPS) is 11.3. The smallest absolute Gasteiger partial charge is 0.152 e. The van der Waals surface area contributed by atoms with Crippen LogP contribution in [0.3, 0.4) is 0 Å². The molecule has 0 aliphatic rings. The van der Waals surface area contributed by atoms with Crippen LogP contribution in [0.25, 0.3) is 5.65 Å². The largest absolute Gasteiger partial charge is 0.496 e. The Kier molecular flexibility index (Phi) is 5.35. The van der Waals surface area contributed by atoms with E-state index in [-0.39, 0.29) is 6.61 Å². The van der Waals surface area contributed by atoms with E-state index in [2.05, 4.69) is 9.88 Å². The lowest BCUT2D eigenvalue weighted by Crippen LogP contribution is -2.27. The van der Waals surface area contributed by atoms with Crippen LogP contribution in [0.15, 0.2) is 48.7 Å². The number of rotatable bonds is 7. The van der Waals surface area contributed by atoms with Gasteiger partial charge in [-0.05, 0) is 18.2 Å². The third-order valence-corrected chi connectivity index (χ3v) is 4.26. The second kappa shape index (κ2) is 7.66. The minimum Gasteiger partial charge on any atom is -0.496 e. The van der Waals surface area contributed by atoms with E-state index in [0.29, 0.717) is 24.8 Å². The summed E-state index contributed by atoms with van der Waals surface area (Å²) in [5.74, 6) is 0.838.